The lowest BCUT2D eigenvalue weighted by Gasteiger charge is -2.32. The molecule has 1 aromatic heterocycles. The van der Waals surface area contributed by atoms with E-state index in [0.717, 1.165) is 37.8 Å². The van der Waals surface area contributed by atoms with Gasteiger partial charge in [0.1, 0.15) is 11.6 Å². The van der Waals surface area contributed by atoms with Gasteiger partial charge in [-0.05, 0) is 62.9 Å². The molecule has 2 N–H and O–H groups in total. The molecule has 0 spiro atoms. The summed E-state index contributed by atoms with van der Waals surface area (Å²) in [5.74, 6) is 3.14. The number of nitrogens with one attached hydrogen (secondary N) is 2. The molecule has 1 saturated heterocycles. The fourth-order valence-electron chi connectivity index (χ4n) is 4.17. The highest BCUT2D eigenvalue weighted by Gasteiger charge is 2.24. The first-order chi connectivity index (χ1) is 14.3. The van der Waals surface area contributed by atoms with Gasteiger partial charge < -0.3 is 20.4 Å². The largest absolute Gasteiger partial charge is 0.358 e. The number of aromatic nitrogens is 2. The lowest BCUT2D eigenvalue weighted by Crippen LogP contribution is -2.43. The van der Waals surface area contributed by atoms with Crippen LogP contribution in [0.1, 0.15) is 51.7 Å². The Balaban J connectivity index is 1.62. The molecule has 7 heteroatoms. The smallest absolute Gasteiger partial charge is 0.232 e. The van der Waals surface area contributed by atoms with E-state index in [1.807, 2.05) is 0 Å². The van der Waals surface area contributed by atoms with Crippen LogP contribution in [0.4, 0.5) is 17.6 Å². The molecular formula is C23H32N6S. The van der Waals surface area contributed by atoms with E-state index < -0.39 is 0 Å². The molecule has 1 aromatic carbocycles. The van der Waals surface area contributed by atoms with Gasteiger partial charge in [0, 0.05) is 37.8 Å². The number of nitrogens with zero attached hydrogens (tertiary/aromatic N) is 4. The average molecular weight is 425 g/mol. The number of benzene rings is 1. The minimum absolute atomic E-state index is 0.122. The van der Waals surface area contributed by atoms with Crippen molar-refractivity contribution in [2.45, 2.75) is 59.2 Å². The minimum atomic E-state index is -0.122. The Morgan fingerprint density at radius 1 is 1.07 bits per heavy atom. The molecule has 0 amide bonds. The van der Waals surface area contributed by atoms with Crippen molar-refractivity contribution in [3.8, 4) is 0 Å². The van der Waals surface area contributed by atoms with E-state index in [-0.39, 0.29) is 5.54 Å². The second kappa shape index (κ2) is 8.38. The van der Waals surface area contributed by atoms with E-state index in [9.17, 15) is 0 Å². The number of hydrogen-bond acceptors (Lipinski definition) is 5. The second-order valence-corrected chi connectivity index (χ2v) is 9.96. The summed E-state index contributed by atoms with van der Waals surface area (Å²) in [4.78, 5) is 14.4. The van der Waals surface area contributed by atoms with Crippen molar-refractivity contribution in [3.63, 3.8) is 0 Å². The Kier molecular flexibility index (Phi) is 5.82. The van der Waals surface area contributed by atoms with Crippen LogP contribution in [0.15, 0.2) is 30.3 Å². The Morgan fingerprint density at radius 3 is 2.30 bits per heavy atom. The number of hydrogen-bond donors (Lipinski definition) is 2. The SMILES string of the molecule is C[C@@H]1CCCN(c2cc(N3Cc4ccccc4C3)nc(NC(=S)NC(C)(C)C)n2)C1. The molecule has 2 aliphatic heterocycles. The van der Waals surface area contributed by atoms with Gasteiger partial charge in [0.15, 0.2) is 5.11 Å². The number of rotatable bonds is 3. The van der Waals surface area contributed by atoms with Crippen LogP contribution in [0, 0.1) is 5.92 Å². The first-order valence-electron chi connectivity index (χ1n) is 10.8. The summed E-state index contributed by atoms with van der Waals surface area (Å²) >= 11 is 5.51. The van der Waals surface area contributed by atoms with Crippen LogP contribution in [0.3, 0.4) is 0 Å². The van der Waals surface area contributed by atoms with Gasteiger partial charge >= 0.3 is 0 Å². The number of piperidine rings is 1. The normalized spacial score (nSPS) is 18.9. The highest BCUT2D eigenvalue weighted by atomic mass is 32.1. The third-order valence-corrected chi connectivity index (χ3v) is 5.76. The summed E-state index contributed by atoms with van der Waals surface area (Å²) in [5, 5.41) is 7.05. The summed E-state index contributed by atoms with van der Waals surface area (Å²) in [6.07, 6.45) is 2.48. The number of thiocarbonyl (C=S) groups is 1. The maximum atomic E-state index is 5.51. The predicted molar refractivity (Wildman–Crippen MR) is 128 cm³/mol. The van der Waals surface area contributed by atoms with Crippen LogP contribution in [0.2, 0.25) is 0 Å². The molecule has 2 aromatic rings. The maximum Gasteiger partial charge on any atom is 0.232 e. The zero-order chi connectivity index (χ0) is 21.3. The van der Waals surface area contributed by atoms with Crippen molar-refractivity contribution in [2.75, 3.05) is 28.2 Å². The summed E-state index contributed by atoms with van der Waals surface area (Å²) in [6.45, 7) is 12.4. The lowest BCUT2D eigenvalue weighted by molar-refractivity contribution is 0.444. The van der Waals surface area contributed by atoms with Crippen molar-refractivity contribution in [1.29, 1.82) is 0 Å². The van der Waals surface area contributed by atoms with E-state index in [2.05, 4.69) is 78.5 Å². The standard InChI is InChI=1S/C23H32N6S/c1-16-8-7-11-28(13-16)19-12-20(29-14-17-9-5-6-10-18(17)15-29)25-21(24-19)26-22(30)27-23(2,3)4/h5-6,9-10,12,16H,7-8,11,13-15H2,1-4H3,(H2,24,25,26,27,30)/t16-/m1/s1. The highest BCUT2D eigenvalue weighted by Crippen LogP contribution is 2.31. The van der Waals surface area contributed by atoms with Crippen LogP contribution < -0.4 is 20.4 Å². The van der Waals surface area contributed by atoms with Crippen LogP contribution in [0.5, 0.6) is 0 Å². The molecule has 4 rings (SSSR count). The van der Waals surface area contributed by atoms with Gasteiger partial charge in [-0.25, -0.2) is 0 Å². The molecule has 0 radical (unpaired) electrons. The minimum Gasteiger partial charge on any atom is -0.358 e. The summed E-state index contributed by atoms with van der Waals surface area (Å²) in [6, 6.07) is 10.7. The van der Waals surface area contributed by atoms with Crippen molar-refractivity contribution < 1.29 is 0 Å². The van der Waals surface area contributed by atoms with Crippen molar-refractivity contribution in [1.82, 2.24) is 15.3 Å². The molecule has 3 heterocycles. The fraction of sp³-hybridized carbons (Fsp3) is 0.522. The van der Waals surface area contributed by atoms with E-state index in [4.69, 9.17) is 22.2 Å². The van der Waals surface area contributed by atoms with Crippen LogP contribution in [-0.2, 0) is 13.1 Å². The van der Waals surface area contributed by atoms with Gasteiger partial charge in [-0.15, -0.1) is 0 Å². The van der Waals surface area contributed by atoms with Crippen molar-refractivity contribution in [3.05, 3.63) is 41.5 Å². The molecule has 0 aliphatic carbocycles. The predicted octanol–water partition coefficient (Wildman–Crippen LogP) is 4.32. The van der Waals surface area contributed by atoms with Crippen LogP contribution >= 0.6 is 12.2 Å². The number of fused-ring (bicyclic) bond motifs is 1. The zero-order valence-electron chi connectivity index (χ0n) is 18.4. The van der Waals surface area contributed by atoms with E-state index >= 15 is 0 Å². The van der Waals surface area contributed by atoms with Gasteiger partial charge in [0.05, 0.1) is 0 Å². The fourth-order valence-corrected chi connectivity index (χ4v) is 4.57. The first kappa shape index (κ1) is 20.8. The quantitative estimate of drug-likeness (QED) is 0.712. The third-order valence-electron chi connectivity index (χ3n) is 5.56. The van der Waals surface area contributed by atoms with Gasteiger partial charge in [-0.3, -0.25) is 0 Å². The molecule has 30 heavy (non-hydrogen) atoms. The van der Waals surface area contributed by atoms with Crippen molar-refractivity contribution >= 4 is 34.9 Å². The Morgan fingerprint density at radius 2 is 1.70 bits per heavy atom. The maximum absolute atomic E-state index is 5.51. The first-order valence-corrected chi connectivity index (χ1v) is 11.2. The molecule has 2 aliphatic rings. The number of anilines is 3. The van der Waals surface area contributed by atoms with Crippen LogP contribution in [-0.4, -0.2) is 33.7 Å². The molecule has 0 unspecified atom stereocenters. The van der Waals surface area contributed by atoms with Crippen molar-refractivity contribution in [2.24, 2.45) is 5.92 Å². The van der Waals surface area contributed by atoms with E-state index in [0.29, 0.717) is 17.0 Å². The van der Waals surface area contributed by atoms with E-state index in [1.165, 1.54) is 24.0 Å². The average Bonchev–Trinajstić information content (AvgIpc) is 3.10. The molecule has 160 valence electrons. The van der Waals surface area contributed by atoms with Gasteiger partial charge in [-0.2, -0.15) is 9.97 Å². The summed E-state index contributed by atoms with van der Waals surface area (Å²) < 4.78 is 0. The summed E-state index contributed by atoms with van der Waals surface area (Å²) in [7, 11) is 0. The van der Waals surface area contributed by atoms with Gasteiger partial charge in [0.25, 0.3) is 0 Å². The van der Waals surface area contributed by atoms with E-state index in [1.54, 1.807) is 0 Å². The molecule has 0 bridgehead atoms. The zero-order valence-corrected chi connectivity index (χ0v) is 19.2. The topological polar surface area (TPSA) is 56.3 Å². The molecule has 1 atom stereocenters. The summed E-state index contributed by atoms with van der Waals surface area (Å²) in [5.41, 5.74) is 2.61. The highest BCUT2D eigenvalue weighted by molar-refractivity contribution is 7.80. The monoisotopic (exact) mass is 424 g/mol. The molecule has 1 fully saturated rings. The Labute approximate surface area is 185 Å². The third kappa shape index (κ3) is 5.01. The Hall–Kier alpha value is -2.41. The Bertz CT molecular complexity index is 897. The molecule has 6 nitrogen and oxygen atoms in total. The van der Waals surface area contributed by atoms with Gasteiger partial charge in [0.2, 0.25) is 5.95 Å². The molecule has 0 saturated carbocycles. The van der Waals surface area contributed by atoms with Gasteiger partial charge in [-0.1, -0.05) is 31.2 Å². The molecular weight excluding hydrogens is 392 g/mol. The van der Waals surface area contributed by atoms with Crippen LogP contribution in [0.25, 0.3) is 0 Å². The second-order valence-electron chi connectivity index (χ2n) is 9.56. The lowest BCUT2D eigenvalue weighted by atomic mass is 10.0.